The number of amides is 1. The Morgan fingerprint density at radius 3 is 2.92 bits per heavy atom. The molecular weight excluding hydrogens is 330 g/mol. The number of H-pyrrole nitrogens is 1. The summed E-state index contributed by atoms with van der Waals surface area (Å²) in [6.07, 6.45) is 4.91. The maximum absolute atomic E-state index is 12.7. The van der Waals surface area contributed by atoms with Gasteiger partial charge in [-0.15, -0.1) is 5.10 Å². The number of aryl methyl sites for hydroxylation is 1. The van der Waals surface area contributed by atoms with Crippen LogP contribution in [0.2, 0.25) is 0 Å². The van der Waals surface area contributed by atoms with E-state index in [2.05, 4.69) is 29.1 Å². The van der Waals surface area contributed by atoms with E-state index < -0.39 is 0 Å². The van der Waals surface area contributed by atoms with Crippen LogP contribution in [-0.4, -0.2) is 43.9 Å². The number of likely N-dealkylation sites (tertiary alicyclic amines) is 1. The molecule has 0 spiro atoms. The molecule has 1 amide bonds. The summed E-state index contributed by atoms with van der Waals surface area (Å²) in [4.78, 5) is 29.3. The summed E-state index contributed by atoms with van der Waals surface area (Å²) >= 11 is 0. The lowest BCUT2D eigenvalue weighted by Crippen LogP contribution is -2.42. The zero-order chi connectivity index (χ0) is 18.7. The van der Waals surface area contributed by atoms with Crippen molar-refractivity contribution in [1.82, 2.24) is 24.9 Å². The first kappa shape index (κ1) is 18.4. The number of aromatic amines is 1. The van der Waals surface area contributed by atoms with Crippen molar-refractivity contribution in [3.05, 3.63) is 45.6 Å². The number of rotatable bonds is 5. The van der Waals surface area contributed by atoms with E-state index in [1.54, 1.807) is 24.0 Å². The number of aromatic nitrogens is 4. The van der Waals surface area contributed by atoms with Gasteiger partial charge < -0.3 is 9.88 Å². The van der Waals surface area contributed by atoms with Crippen molar-refractivity contribution in [1.29, 1.82) is 0 Å². The van der Waals surface area contributed by atoms with Crippen LogP contribution >= 0.6 is 0 Å². The van der Waals surface area contributed by atoms with Gasteiger partial charge in [-0.1, -0.05) is 19.1 Å². The van der Waals surface area contributed by atoms with Gasteiger partial charge in [-0.3, -0.25) is 14.3 Å². The molecule has 1 saturated heterocycles. The molecule has 0 bridgehead atoms. The molecule has 0 aromatic carbocycles. The zero-order valence-corrected chi connectivity index (χ0v) is 15.7. The number of carbonyl (C=O) groups is 1. The number of carbonyl (C=O) groups excluding carboxylic acids is 1. The van der Waals surface area contributed by atoms with Crippen molar-refractivity contribution < 1.29 is 4.79 Å². The first-order valence-corrected chi connectivity index (χ1v) is 9.30. The summed E-state index contributed by atoms with van der Waals surface area (Å²) in [5, 5.41) is 8.45. The van der Waals surface area contributed by atoms with Gasteiger partial charge in [-0.2, -0.15) is 0 Å². The average Bonchev–Trinajstić information content (AvgIpc) is 3.00. The van der Waals surface area contributed by atoms with Crippen molar-refractivity contribution in [2.45, 2.75) is 46.6 Å². The van der Waals surface area contributed by atoms with E-state index in [-0.39, 0.29) is 17.0 Å². The topological polar surface area (TPSA) is 83.9 Å². The fourth-order valence-corrected chi connectivity index (χ4v) is 3.51. The van der Waals surface area contributed by atoms with Crippen molar-refractivity contribution in [2.24, 2.45) is 11.8 Å². The van der Waals surface area contributed by atoms with Gasteiger partial charge in [0.05, 0.1) is 5.69 Å². The van der Waals surface area contributed by atoms with E-state index in [1.807, 2.05) is 10.9 Å². The molecule has 3 rings (SSSR count). The lowest BCUT2D eigenvalue weighted by molar-refractivity contribution is 0.0657. The first-order valence-electron chi connectivity index (χ1n) is 9.30. The summed E-state index contributed by atoms with van der Waals surface area (Å²) in [6, 6.07) is 3.39. The van der Waals surface area contributed by atoms with Crippen molar-refractivity contribution in [2.75, 3.05) is 13.1 Å². The Kier molecular flexibility index (Phi) is 5.54. The molecule has 2 aromatic heterocycles. The molecule has 7 heteroatoms. The third kappa shape index (κ3) is 4.39. The molecular formula is C19H27N5O2. The Bertz CT molecular complexity index is 823. The van der Waals surface area contributed by atoms with Crippen LogP contribution in [0.5, 0.6) is 0 Å². The SMILES string of the molecule is Cc1ccc(C(=O)N2CCC[C@H](Cn3cc(CC(C)C)nn3)C2)c(=O)[nH]1. The summed E-state index contributed by atoms with van der Waals surface area (Å²) < 4.78 is 1.88. The third-order valence-electron chi connectivity index (χ3n) is 4.74. The van der Waals surface area contributed by atoms with Crippen LogP contribution in [0.3, 0.4) is 0 Å². The fourth-order valence-electron chi connectivity index (χ4n) is 3.51. The Morgan fingerprint density at radius 2 is 2.19 bits per heavy atom. The molecule has 0 aliphatic carbocycles. The van der Waals surface area contributed by atoms with Crippen molar-refractivity contribution >= 4 is 5.91 Å². The minimum Gasteiger partial charge on any atom is -0.338 e. The van der Waals surface area contributed by atoms with Gasteiger partial charge in [0.2, 0.25) is 0 Å². The summed E-state index contributed by atoms with van der Waals surface area (Å²) in [5.41, 5.74) is 1.67. The minimum atomic E-state index is -0.313. The molecule has 7 nitrogen and oxygen atoms in total. The van der Waals surface area contributed by atoms with Gasteiger partial charge in [0.1, 0.15) is 5.56 Å². The van der Waals surface area contributed by atoms with E-state index in [9.17, 15) is 9.59 Å². The molecule has 1 fully saturated rings. The van der Waals surface area contributed by atoms with Crippen LogP contribution in [0.1, 0.15) is 48.4 Å². The number of nitrogens with one attached hydrogen (secondary N) is 1. The number of piperidine rings is 1. The third-order valence-corrected chi connectivity index (χ3v) is 4.74. The van der Waals surface area contributed by atoms with E-state index in [4.69, 9.17) is 0 Å². The van der Waals surface area contributed by atoms with Gasteiger partial charge in [0, 0.05) is 31.5 Å². The van der Waals surface area contributed by atoms with Crippen LogP contribution in [-0.2, 0) is 13.0 Å². The smallest absolute Gasteiger partial charge is 0.260 e. The lowest BCUT2D eigenvalue weighted by atomic mass is 9.97. The normalized spacial score (nSPS) is 17.7. The van der Waals surface area contributed by atoms with E-state index in [1.165, 1.54) is 0 Å². The fraction of sp³-hybridized carbons (Fsp3) is 0.579. The zero-order valence-electron chi connectivity index (χ0n) is 15.7. The molecule has 2 aromatic rings. The highest BCUT2D eigenvalue weighted by molar-refractivity contribution is 5.93. The molecule has 3 heterocycles. The lowest BCUT2D eigenvalue weighted by Gasteiger charge is -2.32. The van der Waals surface area contributed by atoms with E-state index >= 15 is 0 Å². The number of hydrogen-bond acceptors (Lipinski definition) is 4. The van der Waals surface area contributed by atoms with Gasteiger partial charge >= 0.3 is 0 Å². The van der Waals surface area contributed by atoms with Crippen LogP contribution in [0.4, 0.5) is 0 Å². The van der Waals surface area contributed by atoms with E-state index in [0.29, 0.717) is 24.9 Å². The molecule has 1 atom stereocenters. The molecule has 1 aliphatic heterocycles. The van der Waals surface area contributed by atoms with Crippen LogP contribution in [0.25, 0.3) is 0 Å². The van der Waals surface area contributed by atoms with Crippen LogP contribution in [0, 0.1) is 18.8 Å². The Balaban J connectivity index is 1.64. The Labute approximate surface area is 153 Å². The summed E-state index contributed by atoms with van der Waals surface area (Å²) in [5.74, 6) is 0.691. The Morgan fingerprint density at radius 1 is 1.38 bits per heavy atom. The molecule has 1 N–H and O–H groups in total. The van der Waals surface area contributed by atoms with Crippen molar-refractivity contribution in [3.63, 3.8) is 0 Å². The summed E-state index contributed by atoms with van der Waals surface area (Å²) in [6.45, 7) is 8.22. The number of nitrogens with zero attached hydrogens (tertiary/aromatic N) is 4. The van der Waals surface area contributed by atoms with Gasteiger partial charge in [0.15, 0.2) is 0 Å². The second-order valence-corrected chi connectivity index (χ2v) is 7.67. The monoisotopic (exact) mass is 357 g/mol. The van der Waals surface area contributed by atoms with Crippen LogP contribution in [0.15, 0.2) is 23.1 Å². The van der Waals surface area contributed by atoms with Gasteiger partial charge in [-0.05, 0) is 50.2 Å². The molecule has 140 valence electrons. The Hall–Kier alpha value is -2.44. The predicted molar refractivity (Wildman–Crippen MR) is 99.0 cm³/mol. The number of hydrogen-bond donors (Lipinski definition) is 1. The molecule has 0 saturated carbocycles. The summed E-state index contributed by atoms with van der Waals surface area (Å²) in [7, 11) is 0. The standard InChI is InChI=1S/C19H27N5O2/c1-13(2)9-16-12-24(22-21-16)11-15-5-4-8-23(10-15)19(26)17-7-6-14(3)20-18(17)25/h6-7,12-13,15H,4-5,8-11H2,1-3H3,(H,20,25)/t15-/m0/s1. The van der Waals surface area contributed by atoms with Gasteiger partial charge in [-0.25, -0.2) is 0 Å². The highest BCUT2D eigenvalue weighted by Crippen LogP contribution is 2.19. The van der Waals surface area contributed by atoms with Gasteiger partial charge in [0.25, 0.3) is 11.5 Å². The largest absolute Gasteiger partial charge is 0.338 e. The number of pyridine rings is 1. The van der Waals surface area contributed by atoms with Crippen LogP contribution < -0.4 is 5.56 Å². The van der Waals surface area contributed by atoms with E-state index in [0.717, 1.165) is 37.2 Å². The predicted octanol–water partition coefficient (Wildman–Crippen LogP) is 2.03. The molecule has 0 unspecified atom stereocenters. The van der Waals surface area contributed by atoms with Crippen molar-refractivity contribution in [3.8, 4) is 0 Å². The highest BCUT2D eigenvalue weighted by Gasteiger charge is 2.26. The highest BCUT2D eigenvalue weighted by atomic mass is 16.2. The maximum Gasteiger partial charge on any atom is 0.260 e. The molecule has 26 heavy (non-hydrogen) atoms. The minimum absolute atomic E-state index is 0.185. The molecule has 1 aliphatic rings. The average molecular weight is 357 g/mol. The first-order chi connectivity index (χ1) is 12.4. The maximum atomic E-state index is 12.7. The second-order valence-electron chi connectivity index (χ2n) is 7.67. The molecule has 0 radical (unpaired) electrons. The second kappa shape index (κ2) is 7.85. The quantitative estimate of drug-likeness (QED) is 0.887.